The van der Waals surface area contributed by atoms with Crippen molar-refractivity contribution in [1.82, 2.24) is 0 Å². The summed E-state index contributed by atoms with van der Waals surface area (Å²) in [5.41, 5.74) is 0.768. The minimum absolute atomic E-state index is 0.0225. The van der Waals surface area contributed by atoms with Gasteiger partial charge >= 0.3 is 0 Å². The number of anilines is 1. The third-order valence-corrected chi connectivity index (χ3v) is 6.36. The molecule has 0 bridgehead atoms. The first-order valence-electron chi connectivity index (χ1n) is 8.10. The number of ketones is 1. The predicted molar refractivity (Wildman–Crippen MR) is 98.4 cm³/mol. The van der Waals surface area contributed by atoms with E-state index in [0.29, 0.717) is 17.7 Å². The average Bonchev–Trinajstić information content (AvgIpc) is 3.00. The molecule has 1 aliphatic heterocycles. The van der Waals surface area contributed by atoms with E-state index in [4.69, 9.17) is 0 Å². The first-order valence-corrected chi connectivity index (χ1v) is 9.92. The molecule has 136 valence electrons. The summed E-state index contributed by atoms with van der Waals surface area (Å²) in [7, 11) is -1.46. The second-order valence-corrected chi connectivity index (χ2v) is 8.55. The molecular formula is C18H18N2O5S. The Morgan fingerprint density at radius 3 is 2.42 bits per heavy atom. The van der Waals surface area contributed by atoms with Crippen molar-refractivity contribution in [2.24, 2.45) is 0 Å². The second-order valence-electron chi connectivity index (χ2n) is 6.32. The molecule has 1 fully saturated rings. The lowest BCUT2D eigenvalue weighted by Crippen LogP contribution is -2.33. The van der Waals surface area contributed by atoms with Crippen LogP contribution in [0, 0.1) is 10.1 Å². The molecule has 26 heavy (non-hydrogen) atoms. The van der Waals surface area contributed by atoms with Gasteiger partial charge in [0.2, 0.25) is 0 Å². The zero-order valence-corrected chi connectivity index (χ0v) is 15.0. The predicted octanol–water partition coefficient (Wildman–Crippen LogP) is 2.45. The van der Waals surface area contributed by atoms with Gasteiger partial charge in [0.15, 0.2) is 15.6 Å². The van der Waals surface area contributed by atoms with Crippen molar-refractivity contribution in [3.63, 3.8) is 0 Å². The number of nitro groups is 1. The number of nitro benzene ring substituents is 1. The number of nitrogens with zero attached hydrogens (tertiary/aromatic N) is 2. The van der Waals surface area contributed by atoms with E-state index in [-0.39, 0.29) is 34.6 Å². The van der Waals surface area contributed by atoms with Crippen LogP contribution in [0.2, 0.25) is 0 Å². The summed E-state index contributed by atoms with van der Waals surface area (Å²) < 4.78 is 23.4. The van der Waals surface area contributed by atoms with Crippen molar-refractivity contribution in [3.8, 4) is 0 Å². The Labute approximate surface area is 151 Å². The zero-order chi connectivity index (χ0) is 18.9. The van der Waals surface area contributed by atoms with E-state index in [0.717, 1.165) is 0 Å². The molecule has 1 heterocycles. The van der Waals surface area contributed by atoms with Crippen LogP contribution in [0.3, 0.4) is 0 Å². The van der Waals surface area contributed by atoms with Crippen LogP contribution in [0.4, 0.5) is 11.4 Å². The fraction of sp³-hybridized carbons (Fsp3) is 0.278. The molecule has 0 aliphatic carbocycles. The molecule has 2 aromatic rings. The van der Waals surface area contributed by atoms with Crippen molar-refractivity contribution in [1.29, 1.82) is 0 Å². The lowest BCUT2D eigenvalue weighted by atomic mass is 10.0. The van der Waals surface area contributed by atoms with Crippen molar-refractivity contribution in [2.75, 3.05) is 23.5 Å². The molecule has 8 heteroatoms. The van der Waals surface area contributed by atoms with Gasteiger partial charge in [0.25, 0.3) is 5.69 Å². The molecule has 2 aromatic carbocycles. The molecule has 7 nitrogen and oxygen atoms in total. The Bertz CT molecular complexity index is 957. The number of benzene rings is 2. The van der Waals surface area contributed by atoms with E-state index >= 15 is 0 Å². The van der Waals surface area contributed by atoms with Gasteiger partial charge < -0.3 is 4.90 Å². The van der Waals surface area contributed by atoms with Crippen LogP contribution >= 0.6 is 0 Å². The number of sulfone groups is 1. The van der Waals surface area contributed by atoms with E-state index in [1.807, 2.05) is 0 Å². The third kappa shape index (κ3) is 3.60. The lowest BCUT2D eigenvalue weighted by molar-refractivity contribution is -0.384. The van der Waals surface area contributed by atoms with Gasteiger partial charge in [-0.25, -0.2) is 8.42 Å². The Kier molecular flexibility index (Phi) is 4.78. The summed E-state index contributed by atoms with van der Waals surface area (Å²) >= 11 is 0. The maximum atomic E-state index is 12.5. The van der Waals surface area contributed by atoms with Gasteiger partial charge in [-0.15, -0.1) is 0 Å². The molecule has 3 rings (SSSR count). The summed E-state index contributed by atoms with van der Waals surface area (Å²) in [6.45, 7) is 0. The van der Waals surface area contributed by atoms with Gasteiger partial charge in [0.1, 0.15) is 5.69 Å². The maximum absolute atomic E-state index is 12.5. The molecule has 0 spiro atoms. The minimum atomic E-state index is -3.10. The average molecular weight is 374 g/mol. The van der Waals surface area contributed by atoms with Crippen LogP contribution in [-0.2, 0) is 9.84 Å². The van der Waals surface area contributed by atoms with E-state index in [1.54, 1.807) is 42.3 Å². The first-order chi connectivity index (χ1) is 12.3. The van der Waals surface area contributed by atoms with Gasteiger partial charge in [-0.05, 0) is 18.6 Å². The van der Waals surface area contributed by atoms with E-state index in [1.165, 1.54) is 18.2 Å². The molecule has 0 amide bonds. The molecule has 0 N–H and O–H groups in total. The van der Waals surface area contributed by atoms with E-state index in [9.17, 15) is 23.3 Å². The number of hydrogen-bond donors (Lipinski definition) is 0. The van der Waals surface area contributed by atoms with E-state index < -0.39 is 14.8 Å². The summed E-state index contributed by atoms with van der Waals surface area (Å²) in [5.74, 6) is -0.238. The minimum Gasteiger partial charge on any atom is -0.365 e. The second kappa shape index (κ2) is 6.87. The Morgan fingerprint density at radius 2 is 1.85 bits per heavy atom. The van der Waals surface area contributed by atoms with Gasteiger partial charge in [0.05, 0.1) is 16.4 Å². The van der Waals surface area contributed by atoms with Crippen molar-refractivity contribution < 1.29 is 18.1 Å². The van der Waals surface area contributed by atoms with Crippen LogP contribution < -0.4 is 4.90 Å². The van der Waals surface area contributed by atoms with E-state index in [2.05, 4.69) is 0 Å². The largest absolute Gasteiger partial charge is 0.365 e. The fourth-order valence-corrected chi connectivity index (χ4v) is 4.92. The van der Waals surface area contributed by atoms with Crippen molar-refractivity contribution >= 4 is 27.0 Å². The molecule has 1 saturated heterocycles. The standard InChI is InChI=1S/C18H18N2O5S/c1-19(15-9-10-26(24,25)12-15)16-8-7-14(11-17(16)20(22)23)18(21)13-5-3-2-4-6-13/h2-8,11,15H,9-10,12H2,1H3/t15-/m1/s1. The Balaban J connectivity index is 1.95. The molecule has 1 aliphatic rings. The molecular weight excluding hydrogens is 356 g/mol. The van der Waals surface area contributed by atoms with Crippen LogP contribution in [0.25, 0.3) is 0 Å². The van der Waals surface area contributed by atoms with Crippen molar-refractivity contribution in [2.45, 2.75) is 12.5 Å². The summed E-state index contributed by atoms with van der Waals surface area (Å²) in [4.78, 5) is 25.1. The third-order valence-electron chi connectivity index (χ3n) is 4.61. The van der Waals surface area contributed by atoms with Crippen LogP contribution in [0.1, 0.15) is 22.3 Å². The smallest absolute Gasteiger partial charge is 0.293 e. The monoisotopic (exact) mass is 374 g/mol. The van der Waals surface area contributed by atoms with Crippen LogP contribution in [0.15, 0.2) is 48.5 Å². The van der Waals surface area contributed by atoms with Crippen LogP contribution in [0.5, 0.6) is 0 Å². The molecule has 1 atom stereocenters. The Morgan fingerprint density at radius 1 is 1.15 bits per heavy atom. The van der Waals surface area contributed by atoms with Gasteiger partial charge in [0, 0.05) is 30.3 Å². The molecule has 0 radical (unpaired) electrons. The maximum Gasteiger partial charge on any atom is 0.293 e. The number of hydrogen-bond acceptors (Lipinski definition) is 6. The molecule has 0 saturated carbocycles. The normalized spacial score (nSPS) is 18.4. The quantitative estimate of drug-likeness (QED) is 0.453. The summed E-state index contributed by atoms with van der Waals surface area (Å²) in [6, 6.07) is 12.5. The van der Waals surface area contributed by atoms with Gasteiger partial charge in [-0.3, -0.25) is 14.9 Å². The fourth-order valence-electron chi connectivity index (χ4n) is 3.14. The highest BCUT2D eigenvalue weighted by Crippen LogP contribution is 2.32. The highest BCUT2D eigenvalue weighted by molar-refractivity contribution is 7.91. The first kappa shape index (κ1) is 18.1. The lowest BCUT2D eigenvalue weighted by Gasteiger charge is -2.25. The number of rotatable bonds is 5. The van der Waals surface area contributed by atoms with Crippen molar-refractivity contribution in [3.05, 3.63) is 69.8 Å². The Hall–Kier alpha value is -2.74. The van der Waals surface area contributed by atoms with Gasteiger partial charge in [-0.2, -0.15) is 0 Å². The SMILES string of the molecule is CN(c1ccc(C(=O)c2ccccc2)cc1[N+](=O)[O-])[C@@H]1CCS(=O)(=O)C1. The van der Waals surface area contributed by atoms with Crippen LogP contribution in [-0.4, -0.2) is 43.7 Å². The molecule has 0 unspecified atom stereocenters. The number of carbonyl (C=O) groups is 1. The topological polar surface area (TPSA) is 97.6 Å². The van der Waals surface area contributed by atoms with Gasteiger partial charge in [-0.1, -0.05) is 30.3 Å². The highest BCUT2D eigenvalue weighted by atomic mass is 32.2. The molecule has 0 aromatic heterocycles. The summed E-state index contributed by atoms with van der Waals surface area (Å²) in [5, 5.41) is 11.5. The zero-order valence-electron chi connectivity index (χ0n) is 14.2. The highest BCUT2D eigenvalue weighted by Gasteiger charge is 2.33. The number of carbonyl (C=O) groups excluding carboxylic acids is 1. The summed E-state index contributed by atoms with van der Waals surface area (Å²) in [6.07, 6.45) is 0.431.